The number of rotatable bonds is 2. The Balaban J connectivity index is 2.70. The molecular weight excluding hydrogens is 311 g/mol. The molecule has 0 amide bonds. The van der Waals surface area contributed by atoms with Gasteiger partial charge in [-0.2, -0.15) is 0 Å². The van der Waals surface area contributed by atoms with Crippen LogP contribution in [0.5, 0.6) is 0 Å². The first-order chi connectivity index (χ1) is 8.91. The number of nitrogens with two attached hydrogens (primary N) is 1. The molecule has 2 rings (SSSR count). The third kappa shape index (κ3) is 2.61. The fourth-order valence-electron chi connectivity index (χ4n) is 1.58. The highest BCUT2D eigenvalue weighted by Gasteiger charge is 2.16. The summed E-state index contributed by atoms with van der Waals surface area (Å²) in [4.78, 5) is 14.9. The minimum absolute atomic E-state index is 0.0782. The van der Waals surface area contributed by atoms with Gasteiger partial charge in [0.25, 0.3) is 0 Å². The number of carboxylic acid groups (broad SMARTS) is 1. The minimum atomic E-state index is -1.18. The number of anilines is 1. The van der Waals surface area contributed by atoms with Gasteiger partial charge in [-0.25, -0.2) is 9.78 Å². The van der Waals surface area contributed by atoms with Gasteiger partial charge in [-0.15, -0.1) is 0 Å². The van der Waals surface area contributed by atoms with Crippen molar-refractivity contribution in [2.24, 2.45) is 0 Å². The Morgan fingerprint density at radius 1 is 1.21 bits per heavy atom. The molecule has 0 bridgehead atoms. The monoisotopic (exact) mass is 316 g/mol. The molecule has 0 radical (unpaired) electrons. The van der Waals surface area contributed by atoms with Gasteiger partial charge in [-0.05, 0) is 18.2 Å². The predicted molar refractivity (Wildman–Crippen MR) is 76.1 cm³/mol. The quantitative estimate of drug-likeness (QED) is 0.821. The van der Waals surface area contributed by atoms with Crippen LogP contribution in [-0.2, 0) is 0 Å². The first-order valence-corrected chi connectivity index (χ1v) is 6.18. The molecule has 1 heterocycles. The van der Waals surface area contributed by atoms with Crippen molar-refractivity contribution < 1.29 is 9.90 Å². The summed E-state index contributed by atoms with van der Waals surface area (Å²) >= 11 is 18.1. The zero-order valence-electron chi connectivity index (χ0n) is 9.32. The number of hydrogen-bond donors (Lipinski definition) is 2. The van der Waals surface area contributed by atoms with E-state index in [0.717, 1.165) is 0 Å². The van der Waals surface area contributed by atoms with Gasteiger partial charge in [0.1, 0.15) is 11.4 Å². The van der Waals surface area contributed by atoms with E-state index < -0.39 is 5.97 Å². The van der Waals surface area contributed by atoms with E-state index in [9.17, 15) is 4.79 Å². The van der Waals surface area contributed by atoms with E-state index in [0.29, 0.717) is 21.2 Å². The van der Waals surface area contributed by atoms with Crippen LogP contribution >= 0.6 is 34.8 Å². The van der Waals surface area contributed by atoms with Gasteiger partial charge in [0.2, 0.25) is 0 Å². The Kier molecular flexibility index (Phi) is 3.85. The molecule has 0 fully saturated rings. The molecule has 0 aliphatic carbocycles. The van der Waals surface area contributed by atoms with Gasteiger partial charge in [0.15, 0.2) is 0 Å². The number of carboxylic acids is 1. The standard InChI is InChI=1S/C12H7Cl3N2O2/c13-7-1-2-8(14)10(15)9(7)5-3-6(12(18)19)11(16)17-4-5/h1-4H,(H2,16,17)(H,18,19). The van der Waals surface area contributed by atoms with Crippen molar-refractivity contribution in [1.82, 2.24) is 4.98 Å². The highest BCUT2D eigenvalue weighted by molar-refractivity contribution is 6.46. The first-order valence-electron chi connectivity index (χ1n) is 5.04. The molecule has 0 saturated heterocycles. The average Bonchev–Trinajstić information content (AvgIpc) is 2.36. The van der Waals surface area contributed by atoms with Gasteiger partial charge >= 0.3 is 5.97 Å². The molecule has 2 aromatic rings. The highest BCUT2D eigenvalue weighted by atomic mass is 35.5. The van der Waals surface area contributed by atoms with Crippen LogP contribution in [0.1, 0.15) is 10.4 Å². The Hall–Kier alpha value is -1.49. The van der Waals surface area contributed by atoms with Crippen LogP contribution in [0.4, 0.5) is 5.82 Å². The third-order valence-electron chi connectivity index (χ3n) is 2.48. The lowest BCUT2D eigenvalue weighted by molar-refractivity contribution is 0.0697. The Morgan fingerprint density at radius 3 is 2.47 bits per heavy atom. The predicted octanol–water partition coefficient (Wildman–Crippen LogP) is 3.99. The number of aromatic carboxylic acids is 1. The maximum Gasteiger partial charge on any atom is 0.339 e. The van der Waals surface area contributed by atoms with Crippen molar-refractivity contribution in [2.45, 2.75) is 0 Å². The minimum Gasteiger partial charge on any atom is -0.478 e. The van der Waals surface area contributed by atoms with Gasteiger partial charge in [0, 0.05) is 17.3 Å². The SMILES string of the molecule is Nc1ncc(-c2c(Cl)ccc(Cl)c2Cl)cc1C(=O)O. The molecule has 0 atom stereocenters. The molecule has 0 spiro atoms. The van der Waals surface area contributed by atoms with E-state index >= 15 is 0 Å². The summed E-state index contributed by atoms with van der Waals surface area (Å²) in [6.45, 7) is 0. The summed E-state index contributed by atoms with van der Waals surface area (Å²) in [5.74, 6) is -1.26. The fourth-order valence-corrected chi connectivity index (χ4v) is 2.32. The first kappa shape index (κ1) is 13.9. The number of benzene rings is 1. The number of carbonyl (C=O) groups is 1. The van der Waals surface area contributed by atoms with E-state index in [-0.39, 0.29) is 16.4 Å². The van der Waals surface area contributed by atoms with Crippen molar-refractivity contribution >= 4 is 46.6 Å². The number of hydrogen-bond acceptors (Lipinski definition) is 3. The third-order valence-corrected chi connectivity index (χ3v) is 3.60. The molecule has 0 saturated carbocycles. The second kappa shape index (κ2) is 5.25. The lowest BCUT2D eigenvalue weighted by Gasteiger charge is -2.10. The smallest absolute Gasteiger partial charge is 0.339 e. The molecule has 19 heavy (non-hydrogen) atoms. The lowest BCUT2D eigenvalue weighted by atomic mass is 10.1. The molecule has 1 aromatic carbocycles. The van der Waals surface area contributed by atoms with Crippen LogP contribution in [0.25, 0.3) is 11.1 Å². The summed E-state index contributed by atoms with van der Waals surface area (Å²) in [6.07, 6.45) is 1.39. The Morgan fingerprint density at radius 2 is 1.84 bits per heavy atom. The summed E-state index contributed by atoms with van der Waals surface area (Å²) in [5.41, 5.74) is 6.23. The van der Waals surface area contributed by atoms with Gasteiger partial charge in [-0.3, -0.25) is 0 Å². The number of pyridine rings is 1. The summed E-state index contributed by atoms with van der Waals surface area (Å²) in [7, 11) is 0. The molecular formula is C12H7Cl3N2O2. The molecule has 0 aliphatic heterocycles. The van der Waals surface area contributed by atoms with Crippen LogP contribution in [-0.4, -0.2) is 16.1 Å². The number of nitrogen functional groups attached to an aromatic ring is 1. The zero-order chi connectivity index (χ0) is 14.2. The number of aromatic nitrogens is 1. The van der Waals surface area contributed by atoms with Gasteiger partial charge in [0.05, 0.1) is 15.1 Å². The summed E-state index contributed by atoms with van der Waals surface area (Å²) in [6, 6.07) is 4.48. The van der Waals surface area contributed by atoms with Crippen LogP contribution < -0.4 is 5.73 Å². The van der Waals surface area contributed by atoms with Crippen molar-refractivity contribution in [1.29, 1.82) is 0 Å². The van der Waals surface area contributed by atoms with E-state index in [1.165, 1.54) is 12.3 Å². The molecule has 0 unspecified atom stereocenters. The molecule has 4 nitrogen and oxygen atoms in total. The molecule has 98 valence electrons. The molecule has 1 aromatic heterocycles. The van der Waals surface area contributed by atoms with Gasteiger partial charge < -0.3 is 10.8 Å². The van der Waals surface area contributed by atoms with Gasteiger partial charge in [-0.1, -0.05) is 34.8 Å². The second-order valence-corrected chi connectivity index (χ2v) is 4.87. The van der Waals surface area contributed by atoms with Crippen LogP contribution in [0.3, 0.4) is 0 Å². The van der Waals surface area contributed by atoms with Crippen LogP contribution in [0.15, 0.2) is 24.4 Å². The van der Waals surface area contributed by atoms with E-state index in [1.54, 1.807) is 12.1 Å². The summed E-state index contributed by atoms with van der Waals surface area (Å²) in [5, 5.41) is 9.91. The zero-order valence-corrected chi connectivity index (χ0v) is 11.6. The van der Waals surface area contributed by atoms with Crippen molar-refractivity contribution in [3.8, 4) is 11.1 Å². The van der Waals surface area contributed by atoms with Crippen molar-refractivity contribution in [2.75, 3.05) is 5.73 Å². The topological polar surface area (TPSA) is 76.2 Å². The fraction of sp³-hybridized carbons (Fsp3) is 0. The lowest BCUT2D eigenvalue weighted by Crippen LogP contribution is -2.04. The Labute approximate surface area is 123 Å². The number of halogens is 3. The Bertz CT molecular complexity index is 674. The molecule has 7 heteroatoms. The van der Waals surface area contributed by atoms with Crippen LogP contribution in [0.2, 0.25) is 15.1 Å². The maximum atomic E-state index is 11.0. The van der Waals surface area contributed by atoms with Crippen molar-refractivity contribution in [3.63, 3.8) is 0 Å². The van der Waals surface area contributed by atoms with Crippen molar-refractivity contribution in [3.05, 3.63) is 45.0 Å². The second-order valence-electron chi connectivity index (χ2n) is 3.68. The summed E-state index contributed by atoms with van der Waals surface area (Å²) < 4.78 is 0. The average molecular weight is 318 g/mol. The highest BCUT2D eigenvalue weighted by Crippen LogP contribution is 2.39. The maximum absolute atomic E-state index is 11.0. The molecule has 3 N–H and O–H groups in total. The van der Waals surface area contributed by atoms with E-state index in [2.05, 4.69) is 4.98 Å². The largest absolute Gasteiger partial charge is 0.478 e. The van der Waals surface area contributed by atoms with Crippen LogP contribution in [0, 0.1) is 0 Å². The molecule has 0 aliphatic rings. The normalized spacial score (nSPS) is 10.5. The van der Waals surface area contributed by atoms with E-state index in [1.807, 2.05) is 0 Å². The van der Waals surface area contributed by atoms with E-state index in [4.69, 9.17) is 45.6 Å². The number of nitrogens with zero attached hydrogens (tertiary/aromatic N) is 1.